The minimum atomic E-state index is 0.394. The second-order valence-electron chi connectivity index (χ2n) is 8.17. The van der Waals surface area contributed by atoms with E-state index in [4.69, 9.17) is 0 Å². The van der Waals surface area contributed by atoms with Crippen molar-refractivity contribution in [3.63, 3.8) is 0 Å². The van der Waals surface area contributed by atoms with Gasteiger partial charge in [-0.2, -0.15) is 9.47 Å². The molecule has 2 bridgehead atoms. The van der Waals surface area contributed by atoms with Gasteiger partial charge in [-0.1, -0.05) is 0 Å². The number of hydrogen-bond acceptors (Lipinski definition) is 4. The summed E-state index contributed by atoms with van der Waals surface area (Å²) in [4.78, 5) is 0. The molecule has 3 heterocycles. The minimum Gasteiger partial charge on any atom is -0.378 e. The van der Waals surface area contributed by atoms with Gasteiger partial charge >= 0.3 is 0 Å². The van der Waals surface area contributed by atoms with Gasteiger partial charge < -0.3 is 5.32 Å². The first-order valence-corrected chi connectivity index (χ1v) is 10.1. The van der Waals surface area contributed by atoms with Gasteiger partial charge in [0.1, 0.15) is 0 Å². The SMILES string of the molecule is Cc1nn(C)cc1[C@@H]1Nc2ccc3sncc3c2[C@H]2[C@@H]3CC[C@@H](C3)[C@H]21. The average Bonchev–Trinajstić information content (AvgIpc) is 3.37. The van der Waals surface area contributed by atoms with E-state index in [1.165, 1.54) is 46.3 Å². The quantitative estimate of drug-likeness (QED) is 0.695. The Morgan fingerprint density at radius 2 is 2.12 bits per heavy atom. The van der Waals surface area contributed by atoms with Crippen molar-refractivity contribution in [3.8, 4) is 0 Å². The summed E-state index contributed by atoms with van der Waals surface area (Å²) in [6, 6.07) is 4.92. The molecule has 1 aromatic carbocycles. The Bertz CT molecular complexity index is 987. The van der Waals surface area contributed by atoms with Gasteiger partial charge in [0.2, 0.25) is 0 Å². The number of aromatic nitrogens is 3. The summed E-state index contributed by atoms with van der Waals surface area (Å²) >= 11 is 1.63. The number of fused-ring (bicyclic) bond motifs is 9. The van der Waals surface area contributed by atoms with Gasteiger partial charge in [0.15, 0.2) is 0 Å². The number of rotatable bonds is 1. The standard InChI is InChI=1S/C20H22N4S/c1-10-14(9-24(2)23-10)20-18-12-4-3-11(7-12)17(18)19-13-8-21-25-16(13)6-5-15(19)22-20/h5-6,8-9,11-12,17-18,20,22H,3-4,7H2,1-2H3/t11-,12+,17+,18-,20+/m1/s1. The van der Waals surface area contributed by atoms with Gasteiger partial charge in [-0.15, -0.1) is 0 Å². The smallest absolute Gasteiger partial charge is 0.0646 e. The van der Waals surface area contributed by atoms with Gasteiger partial charge in [0, 0.05) is 36.1 Å². The number of anilines is 1. The van der Waals surface area contributed by atoms with Crippen LogP contribution in [0, 0.1) is 24.7 Å². The second-order valence-corrected chi connectivity index (χ2v) is 9.00. The van der Waals surface area contributed by atoms with Crippen LogP contribution in [0.3, 0.4) is 0 Å². The summed E-state index contributed by atoms with van der Waals surface area (Å²) in [7, 11) is 2.03. The zero-order valence-corrected chi connectivity index (χ0v) is 15.4. The first kappa shape index (κ1) is 14.3. The molecule has 1 aliphatic heterocycles. The van der Waals surface area contributed by atoms with E-state index < -0.39 is 0 Å². The van der Waals surface area contributed by atoms with Crippen molar-refractivity contribution in [1.82, 2.24) is 14.2 Å². The fraction of sp³-hybridized carbons (Fsp3) is 0.500. The summed E-state index contributed by atoms with van der Waals surface area (Å²) in [6.45, 7) is 2.15. The van der Waals surface area contributed by atoms with Gasteiger partial charge in [-0.3, -0.25) is 4.68 Å². The molecule has 2 fully saturated rings. The molecule has 0 spiro atoms. The predicted octanol–water partition coefficient (Wildman–Crippen LogP) is 4.63. The topological polar surface area (TPSA) is 42.7 Å². The van der Waals surface area contributed by atoms with Crippen LogP contribution in [0.15, 0.2) is 24.5 Å². The number of nitrogens with zero attached hydrogens (tertiary/aromatic N) is 3. The Balaban J connectivity index is 1.58. The molecule has 3 aromatic rings. The molecule has 128 valence electrons. The molecule has 1 N–H and O–H groups in total. The number of hydrogen-bond donors (Lipinski definition) is 1. The van der Waals surface area contributed by atoms with Gasteiger partial charge in [-0.05, 0) is 79.1 Å². The largest absolute Gasteiger partial charge is 0.378 e. The lowest BCUT2D eigenvalue weighted by atomic mass is 9.67. The molecule has 3 aliphatic rings. The molecule has 2 aliphatic carbocycles. The molecule has 0 unspecified atom stereocenters. The first-order valence-electron chi connectivity index (χ1n) is 9.34. The Kier molecular flexibility index (Phi) is 2.77. The predicted molar refractivity (Wildman–Crippen MR) is 101 cm³/mol. The Hall–Kier alpha value is -1.88. The van der Waals surface area contributed by atoms with Crippen LogP contribution in [0.4, 0.5) is 5.69 Å². The fourth-order valence-corrected chi connectivity index (χ4v) is 6.83. The zero-order chi connectivity index (χ0) is 16.7. The molecule has 2 aromatic heterocycles. The highest BCUT2D eigenvalue weighted by molar-refractivity contribution is 7.13. The molecule has 0 amide bonds. The molecular weight excluding hydrogens is 328 g/mol. The van der Waals surface area contributed by atoms with E-state index in [-0.39, 0.29) is 0 Å². The van der Waals surface area contributed by atoms with Crippen molar-refractivity contribution < 1.29 is 0 Å². The van der Waals surface area contributed by atoms with Crippen molar-refractivity contribution in [2.24, 2.45) is 24.8 Å². The molecule has 6 rings (SSSR count). The van der Waals surface area contributed by atoms with E-state index in [0.717, 1.165) is 11.8 Å². The van der Waals surface area contributed by atoms with Crippen LogP contribution in [0.5, 0.6) is 0 Å². The van der Waals surface area contributed by atoms with E-state index in [1.54, 1.807) is 17.1 Å². The van der Waals surface area contributed by atoms with Crippen LogP contribution >= 0.6 is 11.5 Å². The maximum absolute atomic E-state index is 4.63. The maximum Gasteiger partial charge on any atom is 0.0646 e. The molecular formula is C20H22N4S. The van der Waals surface area contributed by atoms with Crippen molar-refractivity contribution in [1.29, 1.82) is 0 Å². The Labute approximate surface area is 151 Å². The van der Waals surface area contributed by atoms with Gasteiger partial charge in [0.25, 0.3) is 0 Å². The average molecular weight is 350 g/mol. The molecule has 25 heavy (non-hydrogen) atoms. The normalized spacial score (nSPS) is 32.6. The summed E-state index contributed by atoms with van der Waals surface area (Å²) in [5.41, 5.74) is 5.44. The zero-order valence-electron chi connectivity index (χ0n) is 14.6. The van der Waals surface area contributed by atoms with Crippen LogP contribution in [-0.4, -0.2) is 14.2 Å². The van der Waals surface area contributed by atoms with E-state index in [1.807, 2.05) is 11.7 Å². The van der Waals surface area contributed by atoms with Crippen LogP contribution in [0.2, 0.25) is 0 Å². The fourth-order valence-electron chi connectivity index (χ4n) is 6.17. The van der Waals surface area contributed by atoms with Crippen LogP contribution in [-0.2, 0) is 7.05 Å². The third kappa shape index (κ3) is 1.82. The lowest BCUT2D eigenvalue weighted by Crippen LogP contribution is -2.35. The highest BCUT2D eigenvalue weighted by Crippen LogP contribution is 2.64. The van der Waals surface area contributed by atoms with Crippen molar-refractivity contribution in [3.05, 3.63) is 41.3 Å². The van der Waals surface area contributed by atoms with Crippen LogP contribution in [0.25, 0.3) is 10.1 Å². The summed E-state index contributed by atoms with van der Waals surface area (Å²) in [5.74, 6) is 3.07. The molecule has 0 radical (unpaired) electrons. The van der Waals surface area contributed by atoms with E-state index >= 15 is 0 Å². The van der Waals surface area contributed by atoms with Crippen LogP contribution in [0.1, 0.15) is 48.0 Å². The third-order valence-corrected chi connectivity index (χ3v) is 7.74. The van der Waals surface area contributed by atoms with Crippen LogP contribution < -0.4 is 5.32 Å². The van der Waals surface area contributed by atoms with Gasteiger partial charge in [-0.25, -0.2) is 0 Å². The Morgan fingerprint density at radius 3 is 2.96 bits per heavy atom. The molecule has 5 atom stereocenters. The van der Waals surface area contributed by atoms with Crippen molar-refractivity contribution >= 4 is 27.3 Å². The first-order chi connectivity index (χ1) is 12.2. The van der Waals surface area contributed by atoms with Crippen molar-refractivity contribution in [2.45, 2.75) is 38.1 Å². The summed E-state index contributed by atoms with van der Waals surface area (Å²) in [5, 5.41) is 9.95. The van der Waals surface area contributed by atoms with E-state index in [2.05, 4.69) is 46.2 Å². The van der Waals surface area contributed by atoms with Gasteiger partial charge in [0.05, 0.1) is 16.4 Å². The summed E-state index contributed by atoms with van der Waals surface area (Å²) in [6.07, 6.45) is 8.53. The molecule has 5 heteroatoms. The third-order valence-electron chi connectivity index (χ3n) is 6.98. The molecule has 2 saturated carbocycles. The lowest BCUT2D eigenvalue weighted by Gasteiger charge is -2.43. The van der Waals surface area contributed by atoms with E-state index in [9.17, 15) is 0 Å². The highest BCUT2D eigenvalue weighted by Gasteiger charge is 2.54. The molecule has 0 saturated heterocycles. The number of nitrogens with one attached hydrogen (secondary N) is 1. The van der Waals surface area contributed by atoms with E-state index in [0.29, 0.717) is 17.9 Å². The lowest BCUT2D eigenvalue weighted by molar-refractivity contribution is 0.248. The Morgan fingerprint density at radius 1 is 1.24 bits per heavy atom. The minimum absolute atomic E-state index is 0.394. The monoisotopic (exact) mass is 350 g/mol. The second kappa shape index (κ2) is 4.85. The maximum atomic E-state index is 4.63. The highest BCUT2D eigenvalue weighted by atomic mass is 32.1. The molecule has 4 nitrogen and oxygen atoms in total. The number of aryl methyl sites for hydroxylation is 2. The van der Waals surface area contributed by atoms with Crippen molar-refractivity contribution in [2.75, 3.05) is 5.32 Å². The summed E-state index contributed by atoms with van der Waals surface area (Å²) < 4.78 is 7.78. The number of benzene rings is 1.